The van der Waals surface area contributed by atoms with Crippen molar-refractivity contribution in [3.63, 3.8) is 0 Å². The SMILES string of the molecule is NC(N)=NCCC[C@H](N)C(=O)OC(=O)CCc1ccccc1. The Kier molecular flexibility index (Phi) is 7.63. The number of hydrogen-bond acceptors (Lipinski definition) is 5. The van der Waals surface area contributed by atoms with E-state index in [-0.39, 0.29) is 12.4 Å². The summed E-state index contributed by atoms with van der Waals surface area (Å²) in [6.07, 6.45) is 1.54. The summed E-state index contributed by atoms with van der Waals surface area (Å²) in [6, 6.07) is 8.63. The largest absolute Gasteiger partial charge is 0.392 e. The van der Waals surface area contributed by atoms with E-state index in [2.05, 4.69) is 4.99 Å². The fourth-order valence-corrected chi connectivity index (χ4v) is 1.77. The summed E-state index contributed by atoms with van der Waals surface area (Å²) in [7, 11) is 0. The van der Waals surface area contributed by atoms with Gasteiger partial charge in [-0.15, -0.1) is 0 Å². The minimum absolute atomic E-state index is 0.00719. The minimum Gasteiger partial charge on any atom is -0.392 e. The Morgan fingerprint density at radius 3 is 2.50 bits per heavy atom. The highest BCUT2D eigenvalue weighted by molar-refractivity contribution is 5.88. The number of carbonyl (C=O) groups excluding carboxylic acids is 2. The molecule has 1 atom stereocenters. The Hall–Kier alpha value is -2.41. The van der Waals surface area contributed by atoms with Crippen molar-refractivity contribution in [2.45, 2.75) is 31.7 Å². The number of nitrogens with zero attached hydrogens (tertiary/aromatic N) is 1. The van der Waals surface area contributed by atoms with E-state index in [9.17, 15) is 9.59 Å². The van der Waals surface area contributed by atoms with Crippen LogP contribution in [-0.2, 0) is 20.7 Å². The molecule has 7 heteroatoms. The van der Waals surface area contributed by atoms with Crippen LogP contribution < -0.4 is 17.2 Å². The van der Waals surface area contributed by atoms with Gasteiger partial charge in [-0.25, -0.2) is 4.79 Å². The second-order valence-electron chi connectivity index (χ2n) is 4.83. The van der Waals surface area contributed by atoms with Gasteiger partial charge in [0.05, 0.1) is 6.42 Å². The minimum atomic E-state index is -0.852. The van der Waals surface area contributed by atoms with Gasteiger partial charge >= 0.3 is 11.9 Å². The van der Waals surface area contributed by atoms with Crippen molar-refractivity contribution >= 4 is 17.9 Å². The average Bonchev–Trinajstić information content (AvgIpc) is 2.50. The van der Waals surface area contributed by atoms with Crippen LogP contribution in [0.15, 0.2) is 35.3 Å². The lowest BCUT2D eigenvalue weighted by molar-refractivity contribution is -0.160. The molecule has 120 valence electrons. The van der Waals surface area contributed by atoms with Crippen molar-refractivity contribution in [3.05, 3.63) is 35.9 Å². The van der Waals surface area contributed by atoms with Gasteiger partial charge in [-0.2, -0.15) is 0 Å². The van der Waals surface area contributed by atoms with Crippen LogP contribution in [0.2, 0.25) is 0 Å². The molecule has 7 nitrogen and oxygen atoms in total. The Labute approximate surface area is 129 Å². The molecule has 6 N–H and O–H groups in total. The summed E-state index contributed by atoms with van der Waals surface area (Å²) in [4.78, 5) is 27.0. The quantitative estimate of drug-likeness (QED) is 0.204. The van der Waals surface area contributed by atoms with E-state index in [1.807, 2.05) is 30.3 Å². The van der Waals surface area contributed by atoms with Gasteiger partial charge in [0.1, 0.15) is 6.04 Å². The number of guanidine groups is 1. The molecule has 1 rings (SSSR count). The van der Waals surface area contributed by atoms with Crippen molar-refractivity contribution < 1.29 is 14.3 Å². The molecule has 0 aliphatic carbocycles. The summed E-state index contributed by atoms with van der Waals surface area (Å²) >= 11 is 0. The first-order chi connectivity index (χ1) is 10.5. The van der Waals surface area contributed by atoms with Crippen molar-refractivity contribution in [1.82, 2.24) is 0 Å². The lowest BCUT2D eigenvalue weighted by Crippen LogP contribution is -2.34. The fourth-order valence-electron chi connectivity index (χ4n) is 1.77. The summed E-state index contributed by atoms with van der Waals surface area (Å²) in [5, 5.41) is 0. The summed E-state index contributed by atoms with van der Waals surface area (Å²) < 4.78 is 4.72. The van der Waals surface area contributed by atoms with E-state index < -0.39 is 18.0 Å². The molecule has 1 aromatic carbocycles. The summed E-state index contributed by atoms with van der Waals surface area (Å²) in [5.74, 6) is -1.30. The van der Waals surface area contributed by atoms with Crippen LogP contribution in [0.3, 0.4) is 0 Å². The third-order valence-corrected chi connectivity index (χ3v) is 2.95. The van der Waals surface area contributed by atoms with Crippen LogP contribution in [0.5, 0.6) is 0 Å². The predicted molar refractivity (Wildman–Crippen MR) is 83.7 cm³/mol. The van der Waals surface area contributed by atoms with Crippen LogP contribution >= 0.6 is 0 Å². The molecule has 0 heterocycles. The van der Waals surface area contributed by atoms with Crippen molar-refractivity contribution in [2.75, 3.05) is 6.54 Å². The fraction of sp³-hybridized carbons (Fsp3) is 0.400. The third kappa shape index (κ3) is 7.39. The average molecular weight is 306 g/mol. The highest BCUT2D eigenvalue weighted by atomic mass is 16.6. The Balaban J connectivity index is 2.25. The standard InChI is InChI=1S/C15H22N4O3/c16-12(7-4-10-19-15(17)18)14(21)22-13(20)9-8-11-5-2-1-3-6-11/h1-3,5-6,12H,4,7-10,16H2,(H4,17,18,19)/t12-/m0/s1. The molecule has 0 spiro atoms. The molecule has 0 saturated heterocycles. The van der Waals surface area contributed by atoms with Crippen LogP contribution in [0.4, 0.5) is 0 Å². The van der Waals surface area contributed by atoms with E-state index in [1.54, 1.807) is 0 Å². The molecule has 0 amide bonds. The summed E-state index contributed by atoms with van der Waals surface area (Å²) in [6.45, 7) is 0.380. The smallest absolute Gasteiger partial charge is 0.330 e. The molecule has 22 heavy (non-hydrogen) atoms. The first-order valence-electron chi connectivity index (χ1n) is 7.08. The van der Waals surface area contributed by atoms with Crippen LogP contribution in [0, 0.1) is 0 Å². The first-order valence-corrected chi connectivity index (χ1v) is 7.08. The lowest BCUT2D eigenvalue weighted by atomic mass is 10.1. The molecule has 0 aliphatic heterocycles. The van der Waals surface area contributed by atoms with E-state index in [4.69, 9.17) is 21.9 Å². The number of rotatable bonds is 8. The van der Waals surface area contributed by atoms with Crippen molar-refractivity contribution in [1.29, 1.82) is 0 Å². The second-order valence-corrected chi connectivity index (χ2v) is 4.83. The van der Waals surface area contributed by atoms with Gasteiger partial charge in [-0.1, -0.05) is 30.3 Å². The van der Waals surface area contributed by atoms with Crippen LogP contribution in [0.1, 0.15) is 24.8 Å². The van der Waals surface area contributed by atoms with Gasteiger partial charge in [-0.3, -0.25) is 9.79 Å². The number of esters is 2. The predicted octanol–water partition coefficient (Wildman–Crippen LogP) is 0.0699. The van der Waals surface area contributed by atoms with Gasteiger partial charge in [-0.05, 0) is 24.8 Å². The zero-order valence-corrected chi connectivity index (χ0v) is 12.4. The Morgan fingerprint density at radius 1 is 1.18 bits per heavy atom. The molecule has 0 unspecified atom stereocenters. The number of ether oxygens (including phenoxy) is 1. The zero-order valence-electron chi connectivity index (χ0n) is 12.4. The molecule has 0 bridgehead atoms. The normalized spacial score (nSPS) is 11.5. The monoisotopic (exact) mass is 306 g/mol. The highest BCUT2D eigenvalue weighted by Gasteiger charge is 2.18. The van der Waals surface area contributed by atoms with Gasteiger partial charge in [0.2, 0.25) is 0 Å². The summed E-state index contributed by atoms with van der Waals surface area (Å²) in [5.41, 5.74) is 17.0. The molecule has 0 aliphatic rings. The van der Waals surface area contributed by atoms with Gasteiger partial charge in [0, 0.05) is 6.54 Å². The van der Waals surface area contributed by atoms with Gasteiger partial charge in [0.25, 0.3) is 0 Å². The van der Waals surface area contributed by atoms with E-state index >= 15 is 0 Å². The molecule has 1 aromatic rings. The first kappa shape index (κ1) is 17.6. The number of benzene rings is 1. The van der Waals surface area contributed by atoms with Crippen LogP contribution in [0.25, 0.3) is 0 Å². The Bertz CT molecular complexity index is 513. The number of nitrogens with two attached hydrogens (primary N) is 3. The number of aryl methyl sites for hydroxylation is 1. The number of hydrogen-bond donors (Lipinski definition) is 3. The molecule has 0 radical (unpaired) electrons. The molecule has 0 saturated carbocycles. The second kappa shape index (κ2) is 9.51. The van der Waals surface area contributed by atoms with E-state index in [1.165, 1.54) is 0 Å². The third-order valence-electron chi connectivity index (χ3n) is 2.95. The number of carbonyl (C=O) groups is 2. The maximum Gasteiger partial charge on any atom is 0.330 e. The molecular formula is C15H22N4O3. The van der Waals surface area contributed by atoms with E-state index in [0.29, 0.717) is 25.8 Å². The molecular weight excluding hydrogens is 284 g/mol. The molecule has 0 aromatic heterocycles. The van der Waals surface area contributed by atoms with Crippen molar-refractivity contribution in [3.8, 4) is 0 Å². The maximum atomic E-state index is 11.6. The lowest BCUT2D eigenvalue weighted by Gasteiger charge is -2.09. The van der Waals surface area contributed by atoms with Crippen LogP contribution in [-0.4, -0.2) is 30.5 Å². The van der Waals surface area contributed by atoms with Crippen molar-refractivity contribution in [2.24, 2.45) is 22.2 Å². The van der Waals surface area contributed by atoms with E-state index in [0.717, 1.165) is 5.56 Å². The molecule has 0 fully saturated rings. The van der Waals surface area contributed by atoms with Gasteiger partial charge in [0.15, 0.2) is 5.96 Å². The zero-order chi connectivity index (χ0) is 16.4. The number of aliphatic imine (C=N–C) groups is 1. The Morgan fingerprint density at radius 2 is 1.86 bits per heavy atom. The van der Waals surface area contributed by atoms with Gasteiger partial charge < -0.3 is 21.9 Å². The maximum absolute atomic E-state index is 11.6. The highest BCUT2D eigenvalue weighted by Crippen LogP contribution is 2.04. The topological polar surface area (TPSA) is 134 Å².